The van der Waals surface area contributed by atoms with Crippen molar-refractivity contribution in [1.29, 1.82) is 0 Å². The zero-order chi connectivity index (χ0) is 11.4. The average Bonchev–Trinajstić information content (AvgIpc) is 2.30. The van der Waals surface area contributed by atoms with Crippen LogP contribution >= 0.6 is 0 Å². The van der Waals surface area contributed by atoms with Gasteiger partial charge in [-0.1, -0.05) is 0 Å². The first-order valence-corrected chi connectivity index (χ1v) is 5.39. The lowest BCUT2D eigenvalue weighted by Gasteiger charge is -2.23. The number of nitrogens with one attached hydrogen (secondary N) is 1. The number of hydrogen-bond donors (Lipinski definition) is 2. The van der Waals surface area contributed by atoms with E-state index in [9.17, 15) is 4.79 Å². The molecule has 1 aromatic rings. The van der Waals surface area contributed by atoms with Crippen molar-refractivity contribution in [3.63, 3.8) is 0 Å². The van der Waals surface area contributed by atoms with E-state index >= 15 is 0 Å². The van der Waals surface area contributed by atoms with E-state index in [0.717, 1.165) is 25.9 Å². The lowest BCUT2D eigenvalue weighted by Crippen LogP contribution is -2.37. The summed E-state index contributed by atoms with van der Waals surface area (Å²) in [5.41, 5.74) is 5.38. The molecule has 5 nitrogen and oxygen atoms in total. The zero-order valence-electron chi connectivity index (χ0n) is 8.98. The number of carbonyl (C=O) groups is 1. The van der Waals surface area contributed by atoms with Crippen LogP contribution in [0.3, 0.4) is 0 Å². The van der Waals surface area contributed by atoms with Gasteiger partial charge in [0.1, 0.15) is 17.5 Å². The van der Waals surface area contributed by atoms with Gasteiger partial charge in [0.15, 0.2) is 0 Å². The molecule has 0 bridgehead atoms. The van der Waals surface area contributed by atoms with Gasteiger partial charge >= 0.3 is 0 Å². The summed E-state index contributed by atoms with van der Waals surface area (Å²) in [6.45, 7) is 1.89. The summed E-state index contributed by atoms with van der Waals surface area (Å²) in [5.74, 6) is 0.115. The van der Waals surface area contributed by atoms with Gasteiger partial charge in [0.2, 0.25) is 0 Å². The monoisotopic (exact) mass is 221 g/mol. The summed E-state index contributed by atoms with van der Waals surface area (Å²) in [4.78, 5) is 14.8. The molecule has 0 spiro atoms. The van der Waals surface area contributed by atoms with Crippen molar-refractivity contribution < 1.29 is 9.53 Å². The Labute approximate surface area is 94.0 Å². The van der Waals surface area contributed by atoms with Crippen molar-refractivity contribution in [2.45, 2.75) is 18.9 Å². The molecule has 0 aliphatic carbocycles. The van der Waals surface area contributed by atoms with Crippen LogP contribution in [-0.4, -0.2) is 30.1 Å². The molecule has 86 valence electrons. The Balaban J connectivity index is 2.02. The third-order valence-electron chi connectivity index (χ3n) is 2.54. The van der Waals surface area contributed by atoms with Gasteiger partial charge in [0.25, 0.3) is 5.91 Å². The number of ether oxygens (including phenoxy) is 1. The Bertz CT molecular complexity index is 375. The van der Waals surface area contributed by atoms with Crippen LogP contribution in [0, 0.1) is 0 Å². The van der Waals surface area contributed by atoms with E-state index in [2.05, 4.69) is 10.3 Å². The highest BCUT2D eigenvalue weighted by Crippen LogP contribution is 2.15. The molecule has 5 heteroatoms. The van der Waals surface area contributed by atoms with E-state index in [4.69, 9.17) is 10.5 Å². The van der Waals surface area contributed by atoms with Crippen LogP contribution in [0.2, 0.25) is 0 Å². The van der Waals surface area contributed by atoms with Crippen LogP contribution < -0.4 is 15.8 Å². The molecule has 0 saturated carbocycles. The van der Waals surface area contributed by atoms with Crippen molar-refractivity contribution in [2.75, 3.05) is 13.1 Å². The summed E-state index contributed by atoms with van der Waals surface area (Å²) in [5, 5.41) is 3.26. The molecule has 0 aromatic carbocycles. The summed E-state index contributed by atoms with van der Waals surface area (Å²) in [7, 11) is 0. The summed E-state index contributed by atoms with van der Waals surface area (Å²) >= 11 is 0. The predicted molar refractivity (Wildman–Crippen MR) is 59.3 cm³/mol. The highest BCUT2D eigenvalue weighted by Gasteiger charge is 2.14. The minimum absolute atomic E-state index is 0.164. The smallest absolute Gasteiger partial charge is 0.267 e. The van der Waals surface area contributed by atoms with Gasteiger partial charge in [-0.3, -0.25) is 9.78 Å². The molecule has 1 amide bonds. The first-order chi connectivity index (χ1) is 7.75. The van der Waals surface area contributed by atoms with Crippen molar-refractivity contribution in [1.82, 2.24) is 10.3 Å². The fraction of sp³-hybridized carbons (Fsp3) is 0.455. The number of aromatic nitrogens is 1. The number of piperidine rings is 1. The Morgan fingerprint density at radius 2 is 2.50 bits per heavy atom. The molecule has 1 aromatic heterocycles. The van der Waals surface area contributed by atoms with Gasteiger partial charge in [0, 0.05) is 18.8 Å². The molecule has 2 heterocycles. The molecule has 1 saturated heterocycles. The summed E-state index contributed by atoms with van der Waals surface area (Å²) in [6, 6.07) is 3.32. The molecule has 1 atom stereocenters. The fourth-order valence-corrected chi connectivity index (χ4v) is 1.73. The first kappa shape index (κ1) is 10.9. The molecule has 1 fully saturated rings. The lowest BCUT2D eigenvalue weighted by molar-refractivity contribution is 0.0994. The van der Waals surface area contributed by atoms with Crippen molar-refractivity contribution >= 4 is 5.91 Å². The maximum Gasteiger partial charge on any atom is 0.267 e. The van der Waals surface area contributed by atoms with Gasteiger partial charge in [-0.05, 0) is 25.5 Å². The molecule has 16 heavy (non-hydrogen) atoms. The second kappa shape index (κ2) is 4.94. The van der Waals surface area contributed by atoms with E-state index < -0.39 is 5.91 Å². The molecule has 1 aliphatic rings. The maximum absolute atomic E-state index is 10.9. The number of nitrogens with two attached hydrogens (primary N) is 1. The maximum atomic E-state index is 10.9. The van der Waals surface area contributed by atoms with Crippen LogP contribution in [0.5, 0.6) is 5.75 Å². The fourth-order valence-electron chi connectivity index (χ4n) is 1.73. The Morgan fingerprint density at radius 1 is 1.62 bits per heavy atom. The van der Waals surface area contributed by atoms with Crippen LogP contribution in [0.4, 0.5) is 0 Å². The van der Waals surface area contributed by atoms with Gasteiger partial charge in [0.05, 0.1) is 0 Å². The Morgan fingerprint density at radius 3 is 3.19 bits per heavy atom. The van der Waals surface area contributed by atoms with E-state index in [1.54, 1.807) is 12.1 Å². The molecule has 0 unspecified atom stereocenters. The Kier molecular flexibility index (Phi) is 3.36. The number of nitrogens with zero attached hydrogens (tertiary/aromatic N) is 1. The predicted octanol–water partition coefficient (Wildman–Crippen LogP) is 0.311. The summed E-state index contributed by atoms with van der Waals surface area (Å²) in [6.07, 6.45) is 3.84. The van der Waals surface area contributed by atoms with Crippen molar-refractivity contribution in [3.8, 4) is 5.75 Å². The number of amides is 1. The van der Waals surface area contributed by atoms with Crippen LogP contribution in [0.1, 0.15) is 23.3 Å². The summed E-state index contributed by atoms with van der Waals surface area (Å²) < 4.78 is 5.74. The largest absolute Gasteiger partial charge is 0.489 e. The lowest BCUT2D eigenvalue weighted by atomic mass is 10.1. The second-order valence-corrected chi connectivity index (χ2v) is 3.83. The molecule has 1 aliphatic heterocycles. The standard InChI is InChI=1S/C11H15N3O2/c12-11(15)10-6-8(3-5-14-10)16-9-2-1-4-13-7-9/h3,5-6,9,13H,1-2,4,7H2,(H2,12,15)/t9-/m0/s1. The average molecular weight is 221 g/mol. The topological polar surface area (TPSA) is 77.2 Å². The number of carbonyl (C=O) groups excluding carboxylic acids is 1. The second-order valence-electron chi connectivity index (χ2n) is 3.83. The van der Waals surface area contributed by atoms with Crippen molar-refractivity contribution in [3.05, 3.63) is 24.0 Å². The molecular formula is C11H15N3O2. The van der Waals surface area contributed by atoms with E-state index in [1.165, 1.54) is 6.20 Å². The first-order valence-electron chi connectivity index (χ1n) is 5.39. The van der Waals surface area contributed by atoms with Crippen LogP contribution in [0.25, 0.3) is 0 Å². The van der Waals surface area contributed by atoms with Gasteiger partial charge in [-0.25, -0.2) is 0 Å². The third-order valence-corrected chi connectivity index (χ3v) is 2.54. The normalized spacial score (nSPS) is 20.4. The van der Waals surface area contributed by atoms with E-state index in [-0.39, 0.29) is 11.8 Å². The van der Waals surface area contributed by atoms with Gasteiger partial charge < -0.3 is 15.8 Å². The zero-order valence-corrected chi connectivity index (χ0v) is 8.98. The highest BCUT2D eigenvalue weighted by molar-refractivity contribution is 5.91. The third kappa shape index (κ3) is 2.70. The van der Waals surface area contributed by atoms with Crippen molar-refractivity contribution in [2.24, 2.45) is 5.73 Å². The number of pyridine rings is 1. The number of primary amides is 1. The van der Waals surface area contributed by atoms with Crippen LogP contribution in [0.15, 0.2) is 18.3 Å². The highest BCUT2D eigenvalue weighted by atomic mass is 16.5. The van der Waals surface area contributed by atoms with Gasteiger partial charge in [-0.2, -0.15) is 0 Å². The number of hydrogen-bond acceptors (Lipinski definition) is 4. The Hall–Kier alpha value is -1.62. The van der Waals surface area contributed by atoms with Gasteiger partial charge in [-0.15, -0.1) is 0 Å². The minimum atomic E-state index is -0.535. The number of rotatable bonds is 3. The SMILES string of the molecule is NC(=O)c1cc(O[C@H]2CCCNC2)ccn1. The molecule has 0 radical (unpaired) electrons. The quantitative estimate of drug-likeness (QED) is 0.770. The van der Waals surface area contributed by atoms with E-state index in [1.807, 2.05) is 0 Å². The van der Waals surface area contributed by atoms with Crippen LogP contribution in [-0.2, 0) is 0 Å². The van der Waals surface area contributed by atoms with E-state index in [0.29, 0.717) is 5.75 Å². The molecule has 3 N–H and O–H groups in total. The molecular weight excluding hydrogens is 206 g/mol. The minimum Gasteiger partial charge on any atom is -0.489 e. The molecule has 2 rings (SSSR count).